The van der Waals surface area contributed by atoms with Crippen LogP contribution >= 0.6 is 11.6 Å². The molecule has 0 aromatic heterocycles. The van der Waals surface area contributed by atoms with Gasteiger partial charge in [-0.15, -0.1) is 11.6 Å². The molecule has 2 saturated heterocycles. The van der Waals surface area contributed by atoms with Crippen molar-refractivity contribution in [2.45, 2.75) is 152 Å². The highest BCUT2D eigenvalue weighted by Gasteiger charge is 2.58. The Labute approximate surface area is 349 Å². The van der Waals surface area contributed by atoms with Gasteiger partial charge >= 0.3 is 0 Å². The number of hydrogen-bond donors (Lipinski definition) is 5. The van der Waals surface area contributed by atoms with Gasteiger partial charge in [-0.2, -0.15) is 5.06 Å². The highest BCUT2D eigenvalue weighted by molar-refractivity contribution is 6.20. The van der Waals surface area contributed by atoms with E-state index >= 15 is 0 Å². The van der Waals surface area contributed by atoms with E-state index in [0.717, 1.165) is 64.5 Å². The Hall–Kier alpha value is -1.09. The van der Waals surface area contributed by atoms with E-state index in [1.54, 1.807) is 19.1 Å². The summed E-state index contributed by atoms with van der Waals surface area (Å²) in [5, 5.41) is 33.7. The number of methoxy groups -OCH3 is 1. The summed E-state index contributed by atoms with van der Waals surface area (Å²) in [5.74, 6) is 1.09. The number of carbonyl (C=O) groups is 2. The number of alkyl halides is 1. The van der Waals surface area contributed by atoms with Gasteiger partial charge in [0.05, 0.1) is 18.8 Å². The Morgan fingerprint density at radius 2 is 1.81 bits per heavy atom. The molecule has 0 radical (unpaired) electrons. The van der Waals surface area contributed by atoms with Crippen molar-refractivity contribution in [2.75, 3.05) is 61.5 Å². The molecule has 0 aromatic carbocycles. The number of aliphatic hydroxyl groups excluding tert-OH is 2. The van der Waals surface area contributed by atoms with Crippen LogP contribution in [-0.4, -0.2) is 152 Å². The topological polar surface area (TPSA) is 139 Å². The average molecular weight is 824 g/mol. The van der Waals surface area contributed by atoms with Gasteiger partial charge in [0.15, 0.2) is 0 Å². The molecule has 2 bridgehead atoms. The van der Waals surface area contributed by atoms with Crippen molar-refractivity contribution in [3.8, 4) is 0 Å². The number of fused-ring (bicyclic) bond motifs is 2. The number of nitrogens with zero attached hydrogens (tertiary/aromatic N) is 3. The van der Waals surface area contributed by atoms with Crippen LogP contribution in [0.25, 0.3) is 0 Å². The molecule has 0 spiro atoms. The first-order valence-electron chi connectivity index (χ1n) is 22.6. The third-order valence-electron chi connectivity index (χ3n) is 16.1. The molecule has 57 heavy (non-hydrogen) atoms. The average Bonchev–Trinajstić information content (AvgIpc) is 3.54. The van der Waals surface area contributed by atoms with Gasteiger partial charge in [0, 0.05) is 67.5 Å². The summed E-state index contributed by atoms with van der Waals surface area (Å²) >= 11 is 7.25. The summed E-state index contributed by atoms with van der Waals surface area (Å²) in [7, 11) is 10.2. The summed E-state index contributed by atoms with van der Waals surface area (Å²) in [5.41, 5.74) is 0.296. The maximum absolute atomic E-state index is 14.4. The van der Waals surface area contributed by atoms with Gasteiger partial charge in [-0.3, -0.25) is 14.4 Å². The molecule has 328 valence electrons. The molecular weight excluding hydrogens is 744 g/mol. The SMILES string of the molecule is COC1C(CN2O[C@@H](CO)[C@@H]([C@H](C)O)[C@H]2C(=O)N[C@H]2C[C@H]3C[C@@H]([C@@H]2C)C3(C)C)C(Cl)CCC1C1CC(C(=O)N[C@@H](CC2CCCCN2)CN(C)C)CC(N(C)C)C1. The van der Waals surface area contributed by atoms with Crippen molar-refractivity contribution >= 4 is 23.4 Å². The van der Waals surface area contributed by atoms with E-state index < -0.39 is 24.2 Å². The maximum Gasteiger partial charge on any atom is 0.240 e. The molecule has 5 N–H and O–H groups in total. The van der Waals surface area contributed by atoms with Crippen LogP contribution in [0.1, 0.15) is 98.3 Å². The summed E-state index contributed by atoms with van der Waals surface area (Å²) in [6.45, 7) is 10.6. The van der Waals surface area contributed by atoms with Crippen LogP contribution in [0, 0.1) is 52.8 Å². The number of piperidine rings is 1. The molecule has 7 fully saturated rings. The van der Waals surface area contributed by atoms with Crippen LogP contribution in [0.15, 0.2) is 0 Å². The Morgan fingerprint density at radius 3 is 2.40 bits per heavy atom. The van der Waals surface area contributed by atoms with Gasteiger partial charge in [-0.1, -0.05) is 27.2 Å². The van der Waals surface area contributed by atoms with Crippen molar-refractivity contribution in [1.82, 2.24) is 30.8 Å². The lowest BCUT2D eigenvalue weighted by molar-refractivity contribution is -0.193. The molecule has 2 amide bonds. The summed E-state index contributed by atoms with van der Waals surface area (Å²) in [6.07, 6.45) is 9.24. The second kappa shape index (κ2) is 19.3. The second-order valence-electron chi connectivity index (χ2n) is 20.5. The Bertz CT molecular complexity index is 1330. The van der Waals surface area contributed by atoms with Gasteiger partial charge < -0.3 is 40.7 Å². The van der Waals surface area contributed by atoms with E-state index in [4.69, 9.17) is 21.2 Å². The predicted molar refractivity (Wildman–Crippen MR) is 224 cm³/mol. The van der Waals surface area contributed by atoms with Crippen LogP contribution in [0.4, 0.5) is 0 Å². The van der Waals surface area contributed by atoms with E-state index in [9.17, 15) is 19.8 Å². The number of hydrogen-bond acceptors (Lipinski definition) is 10. The fraction of sp³-hybridized carbons (Fsp3) is 0.955. The first-order chi connectivity index (χ1) is 27.0. The lowest BCUT2D eigenvalue weighted by atomic mass is 9.45. The monoisotopic (exact) mass is 823 g/mol. The fourth-order valence-corrected chi connectivity index (χ4v) is 13.1. The number of likely N-dealkylation sites (N-methyl/N-ethyl adjacent to an activating group) is 1. The first kappa shape index (κ1) is 45.4. The molecule has 5 aliphatic carbocycles. The molecule has 0 aromatic rings. The molecule has 7 rings (SSSR count). The normalized spacial score (nSPS) is 42.0. The number of ether oxygens (including phenoxy) is 1. The number of amides is 2. The van der Waals surface area contributed by atoms with Gasteiger partial charge in [-0.05, 0) is 141 Å². The minimum Gasteiger partial charge on any atom is -0.394 e. The fourth-order valence-electron chi connectivity index (χ4n) is 12.8. The van der Waals surface area contributed by atoms with E-state index in [0.29, 0.717) is 35.8 Å². The lowest BCUT2D eigenvalue weighted by Gasteiger charge is -2.62. The largest absolute Gasteiger partial charge is 0.394 e. The Balaban J connectivity index is 1.18. The van der Waals surface area contributed by atoms with Gasteiger partial charge in [0.25, 0.3) is 0 Å². The van der Waals surface area contributed by atoms with E-state index in [-0.39, 0.29) is 71.7 Å². The van der Waals surface area contributed by atoms with Gasteiger partial charge in [0.2, 0.25) is 11.8 Å². The Kier molecular flexibility index (Phi) is 15.4. The lowest BCUT2D eigenvalue weighted by Crippen LogP contribution is -2.62. The molecule has 8 unspecified atom stereocenters. The number of halogens is 1. The molecule has 2 aliphatic heterocycles. The molecule has 17 atom stereocenters. The molecular formula is C44H79ClN6O6. The van der Waals surface area contributed by atoms with Crippen molar-refractivity contribution in [1.29, 1.82) is 0 Å². The van der Waals surface area contributed by atoms with Crippen molar-refractivity contribution < 1.29 is 29.4 Å². The molecule has 2 heterocycles. The number of nitrogens with one attached hydrogen (secondary N) is 3. The van der Waals surface area contributed by atoms with Gasteiger partial charge in [0.1, 0.15) is 12.1 Å². The number of aliphatic hydroxyl groups is 2. The maximum atomic E-state index is 14.4. The smallest absolute Gasteiger partial charge is 0.240 e. The molecule has 5 saturated carbocycles. The minimum atomic E-state index is -0.868. The highest BCUT2D eigenvalue weighted by atomic mass is 35.5. The minimum absolute atomic E-state index is 0.0636. The van der Waals surface area contributed by atoms with Crippen LogP contribution in [0.3, 0.4) is 0 Å². The zero-order valence-electron chi connectivity index (χ0n) is 36.7. The number of hydroxylamine groups is 2. The number of rotatable bonds is 15. The van der Waals surface area contributed by atoms with E-state index in [1.165, 1.54) is 19.3 Å². The standard InChI is InChI=1S/C44H79ClN6O6/c1-25-35-19-29(44(35,3)4)20-37(25)48-43(55)40-39(26(2)53)38(24-52)57-51(40)23-34-36(45)14-13-33(41(34)56-9)27-16-28(18-32(17-27)50(7)8)42(54)47-31(22-49(5)6)21-30-12-10-11-15-46-30/h25-41,46,52-53H,10-24H2,1-9H3,(H,47,54)(H,48,55)/t25-,26-,27?,28?,29+,30?,31-,32?,33?,34?,35-,36?,37-,38-,39+,40-,41?/m0/s1. The van der Waals surface area contributed by atoms with Crippen molar-refractivity contribution in [3.05, 3.63) is 0 Å². The molecule has 12 nitrogen and oxygen atoms in total. The van der Waals surface area contributed by atoms with Crippen molar-refractivity contribution in [3.63, 3.8) is 0 Å². The third-order valence-corrected chi connectivity index (χ3v) is 16.7. The first-order valence-corrected chi connectivity index (χ1v) is 23.0. The van der Waals surface area contributed by atoms with Crippen LogP contribution in [0.5, 0.6) is 0 Å². The zero-order chi connectivity index (χ0) is 41.3. The summed E-state index contributed by atoms with van der Waals surface area (Å²) in [4.78, 5) is 39.6. The summed E-state index contributed by atoms with van der Waals surface area (Å²) in [6, 6.07) is 0.0744. The number of carbonyl (C=O) groups excluding carboxylic acids is 2. The van der Waals surface area contributed by atoms with Crippen LogP contribution in [0.2, 0.25) is 0 Å². The van der Waals surface area contributed by atoms with Crippen molar-refractivity contribution in [2.24, 2.45) is 52.8 Å². The van der Waals surface area contributed by atoms with Gasteiger partial charge in [-0.25, -0.2) is 0 Å². The highest BCUT2D eigenvalue weighted by Crippen LogP contribution is 2.61. The van der Waals surface area contributed by atoms with Crippen LogP contribution < -0.4 is 16.0 Å². The summed E-state index contributed by atoms with van der Waals surface area (Å²) < 4.78 is 6.44. The Morgan fingerprint density at radius 1 is 1.05 bits per heavy atom. The van der Waals surface area contributed by atoms with Crippen LogP contribution in [-0.2, 0) is 19.2 Å². The zero-order valence-corrected chi connectivity index (χ0v) is 37.4. The third kappa shape index (κ3) is 10.0. The molecule has 13 heteroatoms. The second-order valence-corrected chi connectivity index (χ2v) is 21.1. The van der Waals surface area contributed by atoms with E-state index in [1.807, 2.05) is 0 Å². The quantitative estimate of drug-likeness (QED) is 0.156. The molecule has 7 aliphatic rings. The van der Waals surface area contributed by atoms with E-state index in [2.05, 4.69) is 74.7 Å². The predicted octanol–water partition coefficient (Wildman–Crippen LogP) is 3.72.